The second-order valence-corrected chi connectivity index (χ2v) is 8.62. The van der Waals surface area contributed by atoms with Crippen LogP contribution in [0.1, 0.15) is 5.56 Å². The van der Waals surface area contributed by atoms with E-state index in [2.05, 4.69) is 26.3 Å². The molecule has 1 saturated heterocycles. The number of aromatic nitrogens is 2. The number of nitrogens with zero attached hydrogens (tertiary/aromatic N) is 3. The molecular weight excluding hydrogens is 427 g/mol. The molecule has 0 atom stereocenters. The molecule has 32 heavy (non-hydrogen) atoms. The Hall–Kier alpha value is -3.07. The van der Waals surface area contributed by atoms with Crippen molar-refractivity contribution in [2.45, 2.75) is 6.54 Å². The topological polar surface area (TPSA) is 59.5 Å². The van der Waals surface area contributed by atoms with Crippen LogP contribution in [0.2, 0.25) is 0 Å². The Morgan fingerprint density at radius 3 is 2.72 bits per heavy atom. The average molecular weight is 451 g/mol. The Kier molecular flexibility index (Phi) is 5.98. The molecule has 1 N–H and O–H groups in total. The van der Waals surface area contributed by atoms with E-state index in [1.165, 1.54) is 23.0 Å². The lowest BCUT2D eigenvalue weighted by atomic mass is 10.2. The van der Waals surface area contributed by atoms with E-state index in [4.69, 9.17) is 9.47 Å². The third kappa shape index (κ3) is 4.43. The number of anilines is 1. The lowest BCUT2D eigenvalue weighted by Crippen LogP contribution is -2.35. The highest BCUT2D eigenvalue weighted by Crippen LogP contribution is 2.39. The molecule has 6 nitrogen and oxygen atoms in total. The minimum atomic E-state index is -0.420. The van der Waals surface area contributed by atoms with Gasteiger partial charge in [0, 0.05) is 56.9 Å². The first-order chi connectivity index (χ1) is 15.7. The van der Waals surface area contributed by atoms with Crippen LogP contribution in [-0.2, 0) is 11.3 Å². The van der Waals surface area contributed by atoms with Gasteiger partial charge in [-0.1, -0.05) is 6.07 Å². The molecule has 5 rings (SSSR count). The van der Waals surface area contributed by atoms with E-state index in [1.54, 1.807) is 31.4 Å². The van der Waals surface area contributed by atoms with Gasteiger partial charge >= 0.3 is 0 Å². The molecule has 1 aliphatic heterocycles. The summed E-state index contributed by atoms with van der Waals surface area (Å²) in [7, 11) is 1.75. The first kappa shape index (κ1) is 20.8. The SMILES string of the molecule is CNc1ccc(Oc2ccnc3cc(-c4ccc(CN5CCOCC5)cn4)sc23)c(F)c1. The fourth-order valence-electron chi connectivity index (χ4n) is 3.66. The minimum absolute atomic E-state index is 0.178. The van der Waals surface area contributed by atoms with Gasteiger partial charge < -0.3 is 14.8 Å². The van der Waals surface area contributed by atoms with Crippen molar-refractivity contribution in [1.29, 1.82) is 0 Å². The normalized spacial score (nSPS) is 14.6. The highest BCUT2D eigenvalue weighted by atomic mass is 32.1. The van der Waals surface area contributed by atoms with E-state index < -0.39 is 5.82 Å². The van der Waals surface area contributed by atoms with E-state index in [-0.39, 0.29) is 5.75 Å². The molecule has 0 aliphatic carbocycles. The van der Waals surface area contributed by atoms with Crippen LogP contribution < -0.4 is 10.1 Å². The summed E-state index contributed by atoms with van der Waals surface area (Å²) in [4.78, 5) is 12.5. The number of benzene rings is 1. The van der Waals surface area contributed by atoms with Crippen LogP contribution in [0.15, 0.2) is 54.9 Å². The number of fused-ring (bicyclic) bond motifs is 1. The van der Waals surface area contributed by atoms with Gasteiger partial charge in [0.25, 0.3) is 0 Å². The first-order valence-corrected chi connectivity index (χ1v) is 11.3. The molecular formula is C24H23FN4O2S. The number of halogens is 1. The Bertz CT molecular complexity index is 1220. The predicted molar refractivity (Wildman–Crippen MR) is 125 cm³/mol. The highest BCUT2D eigenvalue weighted by molar-refractivity contribution is 7.22. The van der Waals surface area contributed by atoms with Gasteiger partial charge in [-0.15, -0.1) is 11.3 Å². The molecule has 1 aromatic carbocycles. The number of thiophene rings is 1. The third-order valence-corrected chi connectivity index (χ3v) is 6.56. The molecule has 0 unspecified atom stereocenters. The van der Waals surface area contributed by atoms with E-state index in [1.807, 2.05) is 18.3 Å². The number of hydrogen-bond acceptors (Lipinski definition) is 7. The molecule has 3 aromatic heterocycles. The highest BCUT2D eigenvalue weighted by Gasteiger charge is 2.15. The van der Waals surface area contributed by atoms with E-state index in [9.17, 15) is 4.39 Å². The van der Waals surface area contributed by atoms with Gasteiger partial charge in [0.2, 0.25) is 0 Å². The maximum atomic E-state index is 14.4. The number of rotatable bonds is 6. The van der Waals surface area contributed by atoms with Crippen molar-refractivity contribution in [3.8, 4) is 22.1 Å². The first-order valence-electron chi connectivity index (χ1n) is 10.5. The second kappa shape index (κ2) is 9.20. The molecule has 0 bridgehead atoms. The van der Waals surface area contributed by atoms with E-state index in [0.29, 0.717) is 11.4 Å². The van der Waals surface area contributed by atoms with Crippen molar-refractivity contribution in [2.75, 3.05) is 38.7 Å². The molecule has 0 saturated carbocycles. The van der Waals surface area contributed by atoms with Crippen LogP contribution in [-0.4, -0.2) is 48.2 Å². The summed E-state index contributed by atoms with van der Waals surface area (Å²) in [6.45, 7) is 4.35. The Labute approximate surface area is 189 Å². The van der Waals surface area contributed by atoms with Crippen LogP contribution in [0.3, 0.4) is 0 Å². The van der Waals surface area contributed by atoms with Gasteiger partial charge in [-0.2, -0.15) is 0 Å². The summed E-state index contributed by atoms with van der Waals surface area (Å²) in [5.41, 5.74) is 3.55. The summed E-state index contributed by atoms with van der Waals surface area (Å²) < 4.78 is 26.6. The van der Waals surface area contributed by atoms with Crippen molar-refractivity contribution in [2.24, 2.45) is 0 Å². The van der Waals surface area contributed by atoms with Crippen molar-refractivity contribution < 1.29 is 13.9 Å². The quantitative estimate of drug-likeness (QED) is 0.438. The Morgan fingerprint density at radius 2 is 1.97 bits per heavy atom. The van der Waals surface area contributed by atoms with Crippen LogP contribution in [0, 0.1) is 5.82 Å². The fraction of sp³-hybridized carbons (Fsp3) is 0.250. The second-order valence-electron chi connectivity index (χ2n) is 7.57. The molecule has 0 amide bonds. The molecule has 4 aromatic rings. The van der Waals surface area contributed by atoms with Crippen molar-refractivity contribution in [1.82, 2.24) is 14.9 Å². The Morgan fingerprint density at radius 1 is 1.09 bits per heavy atom. The van der Waals surface area contributed by atoms with Crippen molar-refractivity contribution in [3.05, 3.63) is 66.2 Å². The number of ether oxygens (including phenoxy) is 2. The largest absolute Gasteiger partial charge is 0.453 e. The number of morpholine rings is 1. The molecule has 0 spiro atoms. The summed E-state index contributed by atoms with van der Waals surface area (Å²) in [5.74, 6) is 0.333. The van der Waals surface area contributed by atoms with Crippen LogP contribution >= 0.6 is 11.3 Å². The number of nitrogens with one attached hydrogen (secondary N) is 1. The zero-order valence-electron chi connectivity index (χ0n) is 17.7. The average Bonchev–Trinajstić information content (AvgIpc) is 3.27. The fourth-order valence-corrected chi connectivity index (χ4v) is 4.70. The zero-order valence-corrected chi connectivity index (χ0v) is 18.5. The molecule has 1 aliphatic rings. The number of hydrogen-bond donors (Lipinski definition) is 1. The van der Waals surface area contributed by atoms with Gasteiger partial charge in [0.15, 0.2) is 11.6 Å². The summed E-state index contributed by atoms with van der Waals surface area (Å²) >= 11 is 1.54. The van der Waals surface area contributed by atoms with Crippen molar-refractivity contribution >= 4 is 27.2 Å². The van der Waals surface area contributed by atoms with Crippen LogP contribution in [0.5, 0.6) is 11.5 Å². The molecule has 164 valence electrons. The maximum absolute atomic E-state index is 14.4. The standard InChI is InChI=1S/C24H23FN4O2S/c1-26-17-3-5-21(18(25)12-17)31-22-6-7-27-20-13-23(32-24(20)22)19-4-2-16(14-28-19)15-29-8-10-30-11-9-29/h2-7,12-14,26H,8-11,15H2,1H3. The predicted octanol–water partition coefficient (Wildman–Crippen LogP) is 5.16. The summed E-state index contributed by atoms with van der Waals surface area (Å²) in [6.07, 6.45) is 3.60. The summed E-state index contributed by atoms with van der Waals surface area (Å²) in [6, 6.07) is 12.7. The van der Waals surface area contributed by atoms with E-state index in [0.717, 1.165) is 53.6 Å². The smallest absolute Gasteiger partial charge is 0.167 e. The van der Waals surface area contributed by atoms with Gasteiger partial charge in [0.1, 0.15) is 5.75 Å². The minimum Gasteiger partial charge on any atom is -0.453 e. The molecule has 4 heterocycles. The Balaban J connectivity index is 1.38. The summed E-state index contributed by atoms with van der Waals surface area (Å²) in [5, 5.41) is 2.92. The van der Waals surface area contributed by atoms with Crippen molar-refractivity contribution in [3.63, 3.8) is 0 Å². The molecule has 1 fully saturated rings. The van der Waals surface area contributed by atoms with E-state index >= 15 is 0 Å². The third-order valence-electron chi connectivity index (χ3n) is 5.40. The number of pyridine rings is 2. The van der Waals surface area contributed by atoms with Gasteiger partial charge in [0.05, 0.1) is 34.0 Å². The van der Waals surface area contributed by atoms with Crippen LogP contribution in [0.25, 0.3) is 20.8 Å². The van der Waals surface area contributed by atoms with Crippen LogP contribution in [0.4, 0.5) is 10.1 Å². The zero-order chi connectivity index (χ0) is 21.9. The lowest BCUT2D eigenvalue weighted by Gasteiger charge is -2.26. The van der Waals surface area contributed by atoms with Gasteiger partial charge in [-0.3, -0.25) is 14.9 Å². The maximum Gasteiger partial charge on any atom is 0.167 e. The van der Waals surface area contributed by atoms with Gasteiger partial charge in [-0.25, -0.2) is 4.39 Å². The lowest BCUT2D eigenvalue weighted by molar-refractivity contribution is 0.0341. The molecule has 0 radical (unpaired) electrons. The van der Waals surface area contributed by atoms with Gasteiger partial charge in [-0.05, 0) is 29.8 Å². The monoisotopic (exact) mass is 450 g/mol. The molecule has 8 heteroatoms.